The van der Waals surface area contributed by atoms with Gasteiger partial charge in [-0.2, -0.15) is 5.10 Å². The largest absolute Gasteiger partial charge is 0.496 e. The van der Waals surface area contributed by atoms with E-state index in [-0.39, 0.29) is 6.42 Å². The minimum absolute atomic E-state index is 0.273. The lowest BCUT2D eigenvalue weighted by Crippen LogP contribution is -2.42. The zero-order valence-electron chi connectivity index (χ0n) is 21.9. The van der Waals surface area contributed by atoms with Gasteiger partial charge in [-0.1, -0.05) is 48.0 Å². The van der Waals surface area contributed by atoms with Gasteiger partial charge < -0.3 is 19.8 Å². The summed E-state index contributed by atoms with van der Waals surface area (Å²) in [4.78, 5) is 28.8. The van der Waals surface area contributed by atoms with Gasteiger partial charge in [-0.3, -0.25) is 4.79 Å². The van der Waals surface area contributed by atoms with E-state index >= 15 is 0 Å². The van der Waals surface area contributed by atoms with Crippen molar-refractivity contribution in [3.63, 3.8) is 0 Å². The highest BCUT2D eigenvalue weighted by molar-refractivity contribution is 6.30. The molecule has 0 saturated heterocycles. The molecule has 0 fully saturated rings. The number of nitrogens with zero attached hydrogens (tertiary/aromatic N) is 2. The van der Waals surface area contributed by atoms with E-state index in [0.29, 0.717) is 22.0 Å². The average Bonchev–Trinajstić information content (AvgIpc) is 3.60. The van der Waals surface area contributed by atoms with Crippen LogP contribution in [0.25, 0.3) is 33.9 Å². The average molecular weight is 555 g/mol. The van der Waals surface area contributed by atoms with Crippen molar-refractivity contribution in [3.05, 3.63) is 107 Å². The first-order valence-electron chi connectivity index (χ1n) is 12.6. The molecule has 5 rings (SSSR count). The molecular formula is C31H27ClN4O4. The Bertz CT molecular complexity index is 1700. The number of amides is 1. The number of benzene rings is 3. The molecule has 9 heteroatoms. The Balaban J connectivity index is 1.43. The number of aromatic amines is 1. The molecule has 2 N–H and O–H groups in total. The highest BCUT2D eigenvalue weighted by Crippen LogP contribution is 2.32. The van der Waals surface area contributed by atoms with E-state index in [9.17, 15) is 9.59 Å². The topological polar surface area (TPSA) is 98.2 Å². The second-order valence-corrected chi connectivity index (χ2v) is 9.48. The molecule has 2 aromatic heterocycles. The van der Waals surface area contributed by atoms with Crippen LogP contribution in [0.4, 0.5) is 0 Å². The number of H-pyrrole nitrogens is 1. The molecular weight excluding hydrogens is 528 g/mol. The summed E-state index contributed by atoms with van der Waals surface area (Å²) in [5, 5.41) is 9.12. The maximum atomic E-state index is 13.0. The van der Waals surface area contributed by atoms with Gasteiger partial charge in [0, 0.05) is 51.9 Å². The molecule has 0 saturated carbocycles. The molecule has 0 radical (unpaired) electrons. The quantitative estimate of drug-likeness (QED) is 0.183. The lowest BCUT2D eigenvalue weighted by Gasteiger charge is -2.15. The summed E-state index contributed by atoms with van der Waals surface area (Å²) in [7, 11) is 2.90. The Morgan fingerprint density at radius 2 is 1.88 bits per heavy atom. The summed E-state index contributed by atoms with van der Waals surface area (Å²) in [5.74, 6) is -0.338. The standard InChI is InChI=1S/C31H27ClN4O4/c1-39-28-13-6-4-11-25(28)30-20(19-36(35-30)23-9-7-8-22(32)17-23)14-15-29(37)34-27(31(38)40-2)16-21-18-33-26-12-5-3-10-24(21)26/h3-15,17-19,27,33H,16H2,1-2H3,(H,34,37)/b15-14-. The number of methoxy groups -OCH3 is 2. The lowest BCUT2D eigenvalue weighted by molar-refractivity contribution is -0.144. The summed E-state index contributed by atoms with van der Waals surface area (Å²) in [5.41, 5.74) is 4.66. The lowest BCUT2D eigenvalue weighted by atomic mass is 10.0. The summed E-state index contributed by atoms with van der Waals surface area (Å²) in [6, 6.07) is 21.7. The van der Waals surface area contributed by atoms with Crippen molar-refractivity contribution in [3.8, 4) is 22.7 Å². The van der Waals surface area contributed by atoms with Crippen LogP contribution in [-0.4, -0.2) is 46.9 Å². The number of para-hydroxylation sites is 2. The van der Waals surface area contributed by atoms with Crippen LogP contribution in [0.2, 0.25) is 5.02 Å². The molecule has 0 spiro atoms. The maximum absolute atomic E-state index is 13.0. The Morgan fingerprint density at radius 3 is 2.67 bits per heavy atom. The first kappa shape index (κ1) is 26.8. The number of rotatable bonds is 9. The van der Waals surface area contributed by atoms with Gasteiger partial charge in [0.15, 0.2) is 0 Å². The van der Waals surface area contributed by atoms with Crippen LogP contribution in [0, 0.1) is 0 Å². The van der Waals surface area contributed by atoms with Crippen LogP contribution in [0.5, 0.6) is 5.75 Å². The van der Waals surface area contributed by atoms with E-state index < -0.39 is 17.9 Å². The normalized spacial score (nSPS) is 12.0. The zero-order chi connectivity index (χ0) is 28.1. The van der Waals surface area contributed by atoms with Gasteiger partial charge in [-0.05, 0) is 48.0 Å². The number of fused-ring (bicyclic) bond motifs is 1. The summed E-state index contributed by atoms with van der Waals surface area (Å²) in [6.45, 7) is 0. The van der Waals surface area contributed by atoms with Crippen molar-refractivity contribution in [1.82, 2.24) is 20.1 Å². The molecule has 0 bridgehead atoms. The third-order valence-electron chi connectivity index (χ3n) is 6.49. The molecule has 5 aromatic rings. The molecule has 1 amide bonds. The van der Waals surface area contributed by atoms with Crippen LogP contribution in [0.3, 0.4) is 0 Å². The molecule has 40 heavy (non-hydrogen) atoms. The van der Waals surface area contributed by atoms with Crippen molar-refractivity contribution < 1.29 is 19.1 Å². The predicted octanol–water partition coefficient (Wildman–Crippen LogP) is 5.60. The van der Waals surface area contributed by atoms with E-state index in [1.807, 2.05) is 66.9 Å². The number of hydrogen-bond donors (Lipinski definition) is 2. The van der Waals surface area contributed by atoms with Crippen molar-refractivity contribution >= 4 is 40.5 Å². The minimum atomic E-state index is -0.871. The summed E-state index contributed by atoms with van der Waals surface area (Å²) < 4.78 is 12.2. The molecule has 0 aliphatic heterocycles. The SMILES string of the molecule is COC(=O)C(Cc1c[nH]c2ccccc12)NC(=O)/C=C\c1cn(-c2cccc(Cl)c2)nc1-c1ccccc1OC. The Hall–Kier alpha value is -4.82. The van der Waals surface area contributed by atoms with E-state index in [2.05, 4.69) is 10.3 Å². The number of carbonyl (C=O) groups is 2. The van der Waals surface area contributed by atoms with Gasteiger partial charge in [0.05, 0.1) is 19.9 Å². The Morgan fingerprint density at radius 1 is 1.07 bits per heavy atom. The fourth-order valence-corrected chi connectivity index (χ4v) is 4.74. The van der Waals surface area contributed by atoms with Crippen LogP contribution in [0.15, 0.2) is 91.3 Å². The molecule has 3 aromatic carbocycles. The van der Waals surface area contributed by atoms with E-state index in [0.717, 1.165) is 27.7 Å². The third kappa shape index (κ3) is 5.77. The predicted molar refractivity (Wildman–Crippen MR) is 156 cm³/mol. The van der Waals surface area contributed by atoms with Crippen LogP contribution >= 0.6 is 11.6 Å². The van der Waals surface area contributed by atoms with E-state index in [4.69, 9.17) is 26.2 Å². The summed E-state index contributed by atoms with van der Waals surface area (Å²) >= 11 is 6.21. The number of carbonyl (C=O) groups excluding carboxylic acids is 2. The van der Waals surface area contributed by atoms with E-state index in [1.54, 1.807) is 36.2 Å². The highest BCUT2D eigenvalue weighted by Gasteiger charge is 2.23. The fraction of sp³-hybridized carbons (Fsp3) is 0.129. The second-order valence-electron chi connectivity index (χ2n) is 9.04. The molecule has 1 atom stereocenters. The van der Waals surface area contributed by atoms with Gasteiger partial charge in [0.1, 0.15) is 17.5 Å². The van der Waals surface area contributed by atoms with Gasteiger partial charge in [0.2, 0.25) is 5.91 Å². The third-order valence-corrected chi connectivity index (χ3v) is 6.73. The molecule has 202 valence electrons. The van der Waals surface area contributed by atoms with Gasteiger partial charge in [-0.25, -0.2) is 9.48 Å². The maximum Gasteiger partial charge on any atom is 0.328 e. The van der Waals surface area contributed by atoms with Crippen molar-refractivity contribution in [1.29, 1.82) is 0 Å². The number of aromatic nitrogens is 3. The van der Waals surface area contributed by atoms with Crippen molar-refractivity contribution in [2.45, 2.75) is 12.5 Å². The molecule has 8 nitrogen and oxygen atoms in total. The number of hydrogen-bond acceptors (Lipinski definition) is 5. The second kappa shape index (κ2) is 11.9. The molecule has 2 heterocycles. The van der Waals surface area contributed by atoms with Gasteiger partial charge >= 0.3 is 5.97 Å². The van der Waals surface area contributed by atoms with Crippen LogP contribution in [0.1, 0.15) is 11.1 Å². The van der Waals surface area contributed by atoms with Crippen molar-refractivity contribution in [2.75, 3.05) is 14.2 Å². The highest BCUT2D eigenvalue weighted by atomic mass is 35.5. The zero-order valence-corrected chi connectivity index (χ0v) is 22.7. The number of esters is 1. The monoisotopic (exact) mass is 554 g/mol. The minimum Gasteiger partial charge on any atom is -0.496 e. The number of ether oxygens (including phenoxy) is 2. The summed E-state index contributed by atoms with van der Waals surface area (Å²) in [6.07, 6.45) is 6.96. The first-order chi connectivity index (χ1) is 19.5. The smallest absolute Gasteiger partial charge is 0.328 e. The number of nitrogens with one attached hydrogen (secondary N) is 2. The van der Waals surface area contributed by atoms with Gasteiger partial charge in [-0.15, -0.1) is 0 Å². The van der Waals surface area contributed by atoms with Crippen LogP contribution in [-0.2, 0) is 20.7 Å². The Labute approximate surface area is 236 Å². The fourth-order valence-electron chi connectivity index (χ4n) is 4.55. The van der Waals surface area contributed by atoms with Crippen LogP contribution < -0.4 is 10.1 Å². The van der Waals surface area contributed by atoms with Crippen molar-refractivity contribution in [2.24, 2.45) is 0 Å². The van der Waals surface area contributed by atoms with E-state index in [1.165, 1.54) is 13.2 Å². The molecule has 1 unspecified atom stereocenters. The first-order valence-corrected chi connectivity index (χ1v) is 12.9. The molecule has 0 aliphatic carbocycles. The molecule has 0 aliphatic rings. The number of halogens is 1. The van der Waals surface area contributed by atoms with Gasteiger partial charge in [0.25, 0.3) is 0 Å². The Kier molecular flexibility index (Phi) is 7.98.